The molecule has 25 heavy (non-hydrogen) atoms. The molecule has 136 valence electrons. The minimum absolute atomic E-state index is 0.246. The predicted octanol–water partition coefficient (Wildman–Crippen LogP) is 6.55. The molecular formula is C19H21F3INO. The van der Waals surface area contributed by atoms with Gasteiger partial charge in [0, 0.05) is 33.4 Å². The molecule has 0 unspecified atom stereocenters. The number of methoxy groups -OCH3 is 1. The van der Waals surface area contributed by atoms with E-state index >= 15 is 0 Å². The first-order valence-electron chi connectivity index (χ1n) is 8.39. The molecule has 0 amide bonds. The zero-order valence-corrected chi connectivity index (χ0v) is 16.4. The maximum atomic E-state index is 13.0. The van der Waals surface area contributed by atoms with Gasteiger partial charge in [-0.05, 0) is 59.9 Å². The van der Waals surface area contributed by atoms with Crippen molar-refractivity contribution in [1.29, 1.82) is 0 Å². The Morgan fingerprint density at radius 1 is 1.32 bits per heavy atom. The number of halogens is 4. The number of fused-ring (bicyclic) bond motifs is 1. The van der Waals surface area contributed by atoms with Crippen LogP contribution in [0.25, 0.3) is 14.5 Å². The third-order valence-electron chi connectivity index (χ3n) is 4.79. The van der Waals surface area contributed by atoms with Crippen LogP contribution in [0.2, 0.25) is 0 Å². The number of hydrogen-bond donors (Lipinski definition) is 0. The predicted molar refractivity (Wildman–Crippen MR) is 103 cm³/mol. The summed E-state index contributed by atoms with van der Waals surface area (Å²) in [6, 6.07) is 5.93. The third-order valence-corrected chi connectivity index (χ3v) is 5.64. The molecule has 1 aliphatic rings. The Bertz CT molecular complexity index is 801. The molecule has 0 N–H and O–H groups in total. The summed E-state index contributed by atoms with van der Waals surface area (Å²) in [6.45, 7) is 2.34. The van der Waals surface area contributed by atoms with Gasteiger partial charge in [0.05, 0.1) is 5.52 Å². The molecule has 0 spiro atoms. The number of nitrogens with zero attached hydrogens (tertiary/aromatic N) is 1. The fraction of sp³-hybridized carbons (Fsp3) is 0.474. The van der Waals surface area contributed by atoms with Crippen molar-refractivity contribution >= 4 is 37.1 Å². The molecule has 0 atom stereocenters. The van der Waals surface area contributed by atoms with E-state index in [0.717, 1.165) is 53.4 Å². The second-order valence-electron chi connectivity index (χ2n) is 6.64. The summed E-state index contributed by atoms with van der Waals surface area (Å²) in [6.07, 6.45) is 0.361. The van der Waals surface area contributed by atoms with Crippen molar-refractivity contribution in [1.82, 2.24) is 4.57 Å². The molecule has 0 bridgehead atoms. The van der Waals surface area contributed by atoms with E-state index in [-0.39, 0.29) is 9.50 Å². The molecule has 1 saturated carbocycles. The van der Waals surface area contributed by atoms with E-state index in [2.05, 4.69) is 4.57 Å². The SMILES string of the molecule is COCn1c(C2CCCC2)c(/C(I)=C\C(F)(F)F)c2ccc(C)cc21. The summed E-state index contributed by atoms with van der Waals surface area (Å²) in [5, 5.41) is 0.870. The highest BCUT2D eigenvalue weighted by atomic mass is 127. The van der Waals surface area contributed by atoms with Crippen molar-refractivity contribution in [2.45, 2.75) is 51.4 Å². The molecule has 1 fully saturated rings. The summed E-state index contributed by atoms with van der Waals surface area (Å²) in [7, 11) is 1.62. The van der Waals surface area contributed by atoms with E-state index in [4.69, 9.17) is 4.74 Å². The van der Waals surface area contributed by atoms with Gasteiger partial charge in [0.2, 0.25) is 0 Å². The van der Waals surface area contributed by atoms with Crippen molar-refractivity contribution in [2.24, 2.45) is 0 Å². The molecule has 0 aliphatic heterocycles. The molecule has 1 aromatic carbocycles. The van der Waals surface area contributed by atoms with Crippen LogP contribution in [-0.4, -0.2) is 17.9 Å². The van der Waals surface area contributed by atoms with Crippen molar-refractivity contribution in [3.8, 4) is 0 Å². The molecule has 2 nitrogen and oxygen atoms in total. The van der Waals surface area contributed by atoms with E-state index in [1.54, 1.807) is 7.11 Å². The molecule has 2 aromatic rings. The number of aryl methyl sites for hydroxylation is 1. The van der Waals surface area contributed by atoms with Crippen LogP contribution in [0.15, 0.2) is 24.3 Å². The molecule has 1 heterocycles. The molecular weight excluding hydrogens is 442 g/mol. The first-order chi connectivity index (χ1) is 11.8. The highest BCUT2D eigenvalue weighted by molar-refractivity contribution is 14.1. The van der Waals surface area contributed by atoms with Gasteiger partial charge in [0.25, 0.3) is 0 Å². The van der Waals surface area contributed by atoms with Crippen LogP contribution in [0, 0.1) is 6.92 Å². The Labute approximate surface area is 159 Å². The Morgan fingerprint density at radius 3 is 2.60 bits per heavy atom. The largest absolute Gasteiger partial charge is 0.410 e. The number of hydrogen-bond acceptors (Lipinski definition) is 1. The summed E-state index contributed by atoms with van der Waals surface area (Å²) < 4.78 is 46.7. The maximum absolute atomic E-state index is 13.0. The Balaban J connectivity index is 2.32. The van der Waals surface area contributed by atoms with Gasteiger partial charge >= 0.3 is 6.18 Å². The van der Waals surface area contributed by atoms with Gasteiger partial charge in [-0.2, -0.15) is 13.2 Å². The smallest absolute Gasteiger partial charge is 0.364 e. The van der Waals surface area contributed by atoms with Crippen molar-refractivity contribution in [2.75, 3.05) is 7.11 Å². The molecule has 1 aliphatic carbocycles. The van der Waals surface area contributed by atoms with E-state index in [0.29, 0.717) is 12.8 Å². The standard InChI is InChI=1S/C19H21F3INO/c1-12-7-8-14-16(9-12)24(11-25-2)18(13-5-3-4-6-13)17(14)15(23)10-19(20,21)22/h7-10,13H,3-6,11H2,1-2H3/b15-10+. The topological polar surface area (TPSA) is 14.2 Å². The number of alkyl halides is 3. The van der Waals surface area contributed by atoms with Gasteiger partial charge in [-0.15, -0.1) is 0 Å². The van der Waals surface area contributed by atoms with Crippen molar-refractivity contribution < 1.29 is 17.9 Å². The lowest BCUT2D eigenvalue weighted by molar-refractivity contribution is -0.0791. The summed E-state index contributed by atoms with van der Waals surface area (Å²) >= 11 is 1.83. The highest BCUT2D eigenvalue weighted by Gasteiger charge is 2.31. The lowest BCUT2D eigenvalue weighted by Gasteiger charge is -2.17. The quantitative estimate of drug-likeness (QED) is 0.469. The van der Waals surface area contributed by atoms with Crippen LogP contribution in [0.5, 0.6) is 0 Å². The zero-order chi connectivity index (χ0) is 18.2. The van der Waals surface area contributed by atoms with E-state index < -0.39 is 6.18 Å². The lowest BCUT2D eigenvalue weighted by atomic mass is 9.98. The average molecular weight is 463 g/mol. The van der Waals surface area contributed by atoms with Gasteiger partial charge in [0.15, 0.2) is 0 Å². The second kappa shape index (κ2) is 7.31. The van der Waals surface area contributed by atoms with E-state index in [1.807, 2.05) is 47.7 Å². The van der Waals surface area contributed by atoms with E-state index in [1.165, 1.54) is 0 Å². The number of rotatable bonds is 4. The van der Waals surface area contributed by atoms with E-state index in [9.17, 15) is 13.2 Å². The normalized spacial score (nSPS) is 17.0. The van der Waals surface area contributed by atoms with Crippen LogP contribution in [0.1, 0.15) is 48.4 Å². The van der Waals surface area contributed by atoms with Crippen LogP contribution >= 0.6 is 22.6 Å². The summed E-state index contributed by atoms with van der Waals surface area (Å²) in [5.74, 6) is 0.282. The first-order valence-corrected chi connectivity index (χ1v) is 9.47. The molecule has 1 aromatic heterocycles. The molecule has 6 heteroatoms. The Kier molecular flexibility index (Phi) is 5.48. The van der Waals surface area contributed by atoms with Crippen LogP contribution in [-0.2, 0) is 11.5 Å². The van der Waals surface area contributed by atoms with Gasteiger partial charge < -0.3 is 9.30 Å². The fourth-order valence-corrected chi connectivity index (χ4v) is 4.76. The van der Waals surface area contributed by atoms with Crippen molar-refractivity contribution in [3.63, 3.8) is 0 Å². The number of allylic oxidation sites excluding steroid dienone is 1. The average Bonchev–Trinajstić information content (AvgIpc) is 3.12. The van der Waals surface area contributed by atoms with Gasteiger partial charge in [-0.1, -0.05) is 25.0 Å². The third kappa shape index (κ3) is 3.89. The van der Waals surface area contributed by atoms with Gasteiger partial charge in [-0.3, -0.25) is 0 Å². The Morgan fingerprint density at radius 2 is 2.00 bits per heavy atom. The monoisotopic (exact) mass is 463 g/mol. The summed E-state index contributed by atoms with van der Waals surface area (Å²) in [4.78, 5) is 0. The number of ether oxygens (including phenoxy) is 1. The first kappa shape index (κ1) is 18.8. The Hall–Kier alpha value is -1.02. The minimum atomic E-state index is -4.33. The number of benzene rings is 1. The molecule has 0 radical (unpaired) electrons. The van der Waals surface area contributed by atoms with Gasteiger partial charge in [0.1, 0.15) is 6.73 Å². The van der Waals surface area contributed by atoms with Crippen molar-refractivity contribution in [3.05, 3.63) is 41.1 Å². The summed E-state index contributed by atoms with van der Waals surface area (Å²) in [5.41, 5.74) is 3.74. The number of aromatic nitrogens is 1. The second-order valence-corrected chi connectivity index (χ2v) is 7.80. The zero-order valence-electron chi connectivity index (χ0n) is 14.3. The van der Waals surface area contributed by atoms with Crippen LogP contribution in [0.4, 0.5) is 13.2 Å². The van der Waals surface area contributed by atoms with Gasteiger partial charge in [-0.25, -0.2) is 0 Å². The van der Waals surface area contributed by atoms with Crippen LogP contribution < -0.4 is 0 Å². The molecule has 0 saturated heterocycles. The van der Waals surface area contributed by atoms with Crippen LogP contribution in [0.3, 0.4) is 0 Å². The minimum Gasteiger partial charge on any atom is -0.364 e. The molecule has 3 rings (SSSR count). The lowest BCUT2D eigenvalue weighted by Crippen LogP contribution is -2.09. The maximum Gasteiger partial charge on any atom is 0.410 e. The fourth-order valence-electron chi connectivity index (χ4n) is 3.84. The highest BCUT2D eigenvalue weighted by Crippen LogP contribution is 2.45.